The van der Waals surface area contributed by atoms with E-state index in [4.69, 9.17) is 11.6 Å². The SMILES string of the molecule is CNc1nc(Cl)nc(NC(CO)c2ccccc2)n1. The molecule has 1 atom stereocenters. The molecule has 19 heavy (non-hydrogen) atoms. The van der Waals surface area contributed by atoms with Crippen LogP contribution in [0.15, 0.2) is 30.3 Å². The zero-order valence-corrected chi connectivity index (χ0v) is 11.1. The molecular formula is C12H14ClN5O. The molecule has 0 saturated heterocycles. The van der Waals surface area contributed by atoms with E-state index >= 15 is 0 Å². The van der Waals surface area contributed by atoms with E-state index in [1.165, 1.54) is 0 Å². The van der Waals surface area contributed by atoms with Crippen molar-refractivity contribution in [1.29, 1.82) is 0 Å². The van der Waals surface area contributed by atoms with E-state index in [1.54, 1.807) is 7.05 Å². The van der Waals surface area contributed by atoms with Gasteiger partial charge in [-0.25, -0.2) is 0 Å². The molecule has 3 N–H and O–H groups in total. The van der Waals surface area contributed by atoms with Crippen LogP contribution in [0.2, 0.25) is 5.28 Å². The highest BCUT2D eigenvalue weighted by molar-refractivity contribution is 6.28. The van der Waals surface area contributed by atoms with Crippen molar-refractivity contribution in [3.8, 4) is 0 Å². The molecule has 1 aromatic heterocycles. The van der Waals surface area contributed by atoms with Gasteiger partial charge in [0.15, 0.2) is 0 Å². The van der Waals surface area contributed by atoms with Crippen molar-refractivity contribution in [2.24, 2.45) is 0 Å². The molecule has 2 rings (SSSR count). The average Bonchev–Trinajstić information content (AvgIpc) is 2.45. The minimum absolute atomic E-state index is 0.0811. The molecule has 0 bridgehead atoms. The third-order valence-corrected chi connectivity index (χ3v) is 2.69. The van der Waals surface area contributed by atoms with Gasteiger partial charge in [0.25, 0.3) is 0 Å². The molecule has 0 saturated carbocycles. The van der Waals surface area contributed by atoms with Crippen molar-refractivity contribution in [3.05, 3.63) is 41.2 Å². The maximum Gasteiger partial charge on any atom is 0.229 e. The molecule has 7 heteroatoms. The Labute approximate surface area is 115 Å². The first kappa shape index (κ1) is 13.5. The number of hydrogen-bond donors (Lipinski definition) is 3. The van der Waals surface area contributed by atoms with E-state index in [0.717, 1.165) is 5.56 Å². The molecule has 1 heterocycles. The summed E-state index contributed by atoms with van der Waals surface area (Å²) >= 11 is 5.80. The average molecular weight is 280 g/mol. The fourth-order valence-electron chi connectivity index (χ4n) is 1.60. The van der Waals surface area contributed by atoms with Crippen LogP contribution in [0.3, 0.4) is 0 Å². The number of benzene rings is 1. The number of nitrogens with one attached hydrogen (secondary N) is 2. The Hall–Kier alpha value is -1.92. The molecule has 0 amide bonds. The Morgan fingerprint density at radius 3 is 2.47 bits per heavy atom. The van der Waals surface area contributed by atoms with Gasteiger partial charge in [0.05, 0.1) is 12.6 Å². The van der Waals surface area contributed by atoms with Crippen LogP contribution in [0.4, 0.5) is 11.9 Å². The Kier molecular flexibility index (Phi) is 4.48. The van der Waals surface area contributed by atoms with Gasteiger partial charge in [0.2, 0.25) is 17.2 Å². The standard InChI is InChI=1S/C12H14ClN5O/c1-14-11-16-10(13)17-12(18-11)15-9(7-19)8-5-3-2-4-6-8/h2-6,9,19H,7H2,1H3,(H2,14,15,16,17,18). The molecule has 100 valence electrons. The number of anilines is 2. The summed E-state index contributed by atoms with van der Waals surface area (Å²) in [5, 5.41) is 15.4. The Morgan fingerprint density at radius 1 is 1.16 bits per heavy atom. The predicted molar refractivity (Wildman–Crippen MR) is 74.3 cm³/mol. The second-order valence-corrected chi connectivity index (χ2v) is 4.13. The number of hydrogen-bond acceptors (Lipinski definition) is 6. The predicted octanol–water partition coefficient (Wildman–Crippen LogP) is 1.71. The van der Waals surface area contributed by atoms with Gasteiger partial charge in [-0.1, -0.05) is 30.3 Å². The van der Waals surface area contributed by atoms with Gasteiger partial charge in [0, 0.05) is 7.05 Å². The van der Waals surface area contributed by atoms with E-state index in [9.17, 15) is 5.11 Å². The van der Waals surface area contributed by atoms with Crippen LogP contribution in [-0.4, -0.2) is 33.7 Å². The summed E-state index contributed by atoms with van der Waals surface area (Å²) in [6, 6.07) is 9.24. The van der Waals surface area contributed by atoms with E-state index < -0.39 is 0 Å². The van der Waals surface area contributed by atoms with Gasteiger partial charge in [-0.05, 0) is 17.2 Å². The normalized spacial score (nSPS) is 11.9. The molecular weight excluding hydrogens is 266 g/mol. The maximum atomic E-state index is 9.45. The summed E-state index contributed by atoms with van der Waals surface area (Å²) in [5.74, 6) is 0.680. The van der Waals surface area contributed by atoms with Crippen LogP contribution in [0.25, 0.3) is 0 Å². The molecule has 0 radical (unpaired) electrons. The van der Waals surface area contributed by atoms with Crippen LogP contribution >= 0.6 is 11.6 Å². The third-order valence-electron chi connectivity index (χ3n) is 2.52. The smallest absolute Gasteiger partial charge is 0.229 e. The van der Waals surface area contributed by atoms with Gasteiger partial charge in [-0.3, -0.25) is 0 Å². The number of aliphatic hydroxyl groups excluding tert-OH is 1. The molecule has 6 nitrogen and oxygen atoms in total. The van der Waals surface area contributed by atoms with E-state index in [-0.39, 0.29) is 17.9 Å². The van der Waals surface area contributed by atoms with Gasteiger partial charge < -0.3 is 15.7 Å². The first-order chi connectivity index (χ1) is 9.22. The number of aliphatic hydroxyl groups is 1. The maximum absolute atomic E-state index is 9.45. The summed E-state index contributed by atoms with van der Waals surface area (Å²) < 4.78 is 0. The Bertz CT molecular complexity index is 537. The minimum atomic E-state index is -0.302. The fourth-order valence-corrected chi connectivity index (χ4v) is 1.76. The van der Waals surface area contributed by atoms with Crippen molar-refractivity contribution < 1.29 is 5.11 Å². The topological polar surface area (TPSA) is 83.0 Å². The largest absolute Gasteiger partial charge is 0.394 e. The summed E-state index contributed by atoms with van der Waals surface area (Å²) in [7, 11) is 1.69. The van der Waals surface area contributed by atoms with Crippen molar-refractivity contribution in [1.82, 2.24) is 15.0 Å². The first-order valence-corrected chi connectivity index (χ1v) is 6.12. The highest BCUT2D eigenvalue weighted by atomic mass is 35.5. The first-order valence-electron chi connectivity index (χ1n) is 5.74. The summed E-state index contributed by atoms with van der Waals surface area (Å²) in [6.07, 6.45) is 0. The number of nitrogens with zero attached hydrogens (tertiary/aromatic N) is 3. The van der Waals surface area contributed by atoms with Crippen LogP contribution < -0.4 is 10.6 Å². The van der Waals surface area contributed by atoms with Gasteiger partial charge in [-0.2, -0.15) is 15.0 Å². The third kappa shape index (κ3) is 3.52. The second-order valence-electron chi connectivity index (χ2n) is 3.79. The van der Waals surface area contributed by atoms with Crippen molar-refractivity contribution in [3.63, 3.8) is 0 Å². The fraction of sp³-hybridized carbons (Fsp3) is 0.250. The van der Waals surface area contributed by atoms with Crippen LogP contribution in [0.1, 0.15) is 11.6 Å². The quantitative estimate of drug-likeness (QED) is 0.773. The van der Waals surface area contributed by atoms with Crippen molar-refractivity contribution in [2.75, 3.05) is 24.3 Å². The van der Waals surface area contributed by atoms with E-state index in [0.29, 0.717) is 11.9 Å². The molecule has 1 aromatic carbocycles. The zero-order chi connectivity index (χ0) is 13.7. The molecule has 2 aromatic rings. The van der Waals surface area contributed by atoms with Crippen LogP contribution in [-0.2, 0) is 0 Å². The highest BCUT2D eigenvalue weighted by Gasteiger charge is 2.12. The van der Waals surface area contributed by atoms with Crippen LogP contribution in [0.5, 0.6) is 0 Å². The summed E-state index contributed by atoms with van der Waals surface area (Å²) in [6.45, 7) is -0.0811. The highest BCUT2D eigenvalue weighted by Crippen LogP contribution is 2.18. The van der Waals surface area contributed by atoms with Gasteiger partial charge in [-0.15, -0.1) is 0 Å². The molecule has 0 spiro atoms. The molecule has 0 aliphatic heterocycles. The number of rotatable bonds is 5. The van der Waals surface area contributed by atoms with Gasteiger partial charge >= 0.3 is 0 Å². The minimum Gasteiger partial charge on any atom is -0.394 e. The van der Waals surface area contributed by atoms with E-state index in [2.05, 4.69) is 25.6 Å². The number of aromatic nitrogens is 3. The monoisotopic (exact) mass is 279 g/mol. The molecule has 0 aliphatic rings. The molecule has 0 aliphatic carbocycles. The van der Waals surface area contributed by atoms with Crippen molar-refractivity contribution >= 4 is 23.5 Å². The number of halogens is 1. The van der Waals surface area contributed by atoms with Crippen LogP contribution in [0, 0.1) is 0 Å². The summed E-state index contributed by atoms with van der Waals surface area (Å²) in [4.78, 5) is 12.0. The summed E-state index contributed by atoms with van der Waals surface area (Å²) in [5.41, 5.74) is 0.938. The van der Waals surface area contributed by atoms with E-state index in [1.807, 2.05) is 30.3 Å². The Morgan fingerprint density at radius 2 is 1.84 bits per heavy atom. The van der Waals surface area contributed by atoms with Crippen molar-refractivity contribution in [2.45, 2.75) is 6.04 Å². The lowest BCUT2D eigenvalue weighted by Crippen LogP contribution is -2.17. The molecule has 1 unspecified atom stereocenters. The zero-order valence-electron chi connectivity index (χ0n) is 10.3. The molecule has 0 fully saturated rings. The van der Waals surface area contributed by atoms with Gasteiger partial charge in [0.1, 0.15) is 0 Å². The lowest BCUT2D eigenvalue weighted by Gasteiger charge is -2.16. The second kappa shape index (κ2) is 6.31. The Balaban J connectivity index is 2.21. The lowest BCUT2D eigenvalue weighted by molar-refractivity contribution is 0.276. The lowest BCUT2D eigenvalue weighted by atomic mass is 10.1.